The number of hydroxylamine groups is 2. The Hall–Kier alpha value is -0.850. The van der Waals surface area contributed by atoms with Gasteiger partial charge in [0.05, 0.1) is 12.2 Å². The topological polar surface area (TPSA) is 36.3 Å². The van der Waals surface area contributed by atoms with E-state index in [1.54, 1.807) is 0 Å². The van der Waals surface area contributed by atoms with Gasteiger partial charge >= 0.3 is 0 Å². The number of nitriles is 1. The van der Waals surface area contributed by atoms with Crippen LogP contribution in [0, 0.1) is 17.2 Å². The molecule has 3 rings (SSSR count). The SMILES string of the molecule is C=C1C2CCCCC2ON(C2CCCCC2)C1C#N. The summed E-state index contributed by atoms with van der Waals surface area (Å²) in [5, 5.41) is 11.5. The Bertz CT molecular complexity index is 381. The number of fused-ring (bicyclic) bond motifs is 1. The number of hydrogen-bond acceptors (Lipinski definition) is 3. The fourth-order valence-corrected chi connectivity index (χ4v) is 4.00. The number of rotatable bonds is 1. The molecule has 3 heteroatoms. The minimum atomic E-state index is -0.220. The Morgan fingerprint density at radius 1 is 1.05 bits per heavy atom. The quantitative estimate of drug-likeness (QED) is 0.676. The highest BCUT2D eigenvalue weighted by molar-refractivity contribution is 5.22. The summed E-state index contributed by atoms with van der Waals surface area (Å²) >= 11 is 0. The lowest BCUT2D eigenvalue weighted by atomic mass is 9.78. The molecule has 0 aromatic rings. The predicted molar refractivity (Wildman–Crippen MR) is 74.1 cm³/mol. The van der Waals surface area contributed by atoms with E-state index in [-0.39, 0.29) is 12.1 Å². The Labute approximate surface area is 116 Å². The Balaban J connectivity index is 1.78. The van der Waals surface area contributed by atoms with Gasteiger partial charge < -0.3 is 0 Å². The molecule has 1 aliphatic heterocycles. The van der Waals surface area contributed by atoms with Gasteiger partial charge in [0.2, 0.25) is 0 Å². The van der Waals surface area contributed by atoms with Gasteiger partial charge in [0, 0.05) is 12.0 Å². The summed E-state index contributed by atoms with van der Waals surface area (Å²) in [5.41, 5.74) is 1.11. The first kappa shape index (κ1) is 13.1. The Morgan fingerprint density at radius 2 is 1.74 bits per heavy atom. The highest BCUT2D eigenvalue weighted by Gasteiger charge is 2.43. The molecule has 0 aromatic heterocycles. The van der Waals surface area contributed by atoms with Gasteiger partial charge in [-0.05, 0) is 31.3 Å². The normalized spacial score (nSPS) is 37.6. The molecule has 3 fully saturated rings. The average Bonchev–Trinajstić information content (AvgIpc) is 2.48. The molecule has 3 nitrogen and oxygen atoms in total. The summed E-state index contributed by atoms with van der Waals surface area (Å²) in [4.78, 5) is 6.25. The minimum Gasteiger partial charge on any atom is -0.293 e. The standard InChI is InChI=1S/C16H24N2O/c1-12-14-9-5-6-10-16(14)19-18(15(12)11-17)13-7-3-2-4-8-13/h13-16H,1-10H2. The largest absolute Gasteiger partial charge is 0.293 e. The Morgan fingerprint density at radius 3 is 2.47 bits per heavy atom. The van der Waals surface area contributed by atoms with E-state index in [0.29, 0.717) is 12.0 Å². The van der Waals surface area contributed by atoms with Crippen molar-refractivity contribution in [2.45, 2.75) is 76.0 Å². The van der Waals surface area contributed by atoms with Gasteiger partial charge in [-0.2, -0.15) is 10.3 Å². The molecular weight excluding hydrogens is 236 g/mol. The highest BCUT2D eigenvalue weighted by Crippen LogP contribution is 2.41. The van der Waals surface area contributed by atoms with Crippen molar-refractivity contribution < 1.29 is 4.84 Å². The third kappa shape index (κ3) is 2.44. The molecule has 0 spiro atoms. The molecular formula is C16H24N2O. The van der Waals surface area contributed by atoms with Gasteiger partial charge in [0.15, 0.2) is 0 Å². The lowest BCUT2D eigenvalue weighted by Gasteiger charge is -2.48. The van der Waals surface area contributed by atoms with Gasteiger partial charge in [-0.1, -0.05) is 38.7 Å². The van der Waals surface area contributed by atoms with Crippen LogP contribution in [0.4, 0.5) is 0 Å². The third-order valence-electron chi connectivity index (χ3n) is 5.10. The van der Waals surface area contributed by atoms with Crippen LogP contribution in [0.2, 0.25) is 0 Å². The lowest BCUT2D eigenvalue weighted by molar-refractivity contribution is -0.268. The van der Waals surface area contributed by atoms with Gasteiger partial charge in [-0.15, -0.1) is 0 Å². The van der Waals surface area contributed by atoms with Crippen LogP contribution in [0.1, 0.15) is 57.8 Å². The van der Waals surface area contributed by atoms with Crippen molar-refractivity contribution in [3.8, 4) is 6.07 Å². The molecule has 3 unspecified atom stereocenters. The van der Waals surface area contributed by atoms with Crippen LogP contribution in [-0.4, -0.2) is 23.3 Å². The first-order valence-electron chi connectivity index (χ1n) is 7.84. The maximum absolute atomic E-state index is 9.52. The summed E-state index contributed by atoms with van der Waals surface area (Å²) in [5.74, 6) is 0.415. The summed E-state index contributed by atoms with van der Waals surface area (Å²) < 4.78 is 0. The number of nitrogens with zero attached hydrogens (tertiary/aromatic N) is 2. The molecule has 0 amide bonds. The van der Waals surface area contributed by atoms with Crippen LogP contribution < -0.4 is 0 Å². The van der Waals surface area contributed by atoms with Crippen molar-refractivity contribution in [2.24, 2.45) is 5.92 Å². The molecule has 3 aliphatic rings. The van der Waals surface area contributed by atoms with Crippen LogP contribution in [0.25, 0.3) is 0 Å². The van der Waals surface area contributed by atoms with Gasteiger partial charge in [-0.3, -0.25) is 4.84 Å². The van der Waals surface area contributed by atoms with Crippen molar-refractivity contribution >= 4 is 0 Å². The molecule has 1 heterocycles. The summed E-state index contributed by atoms with van der Waals surface area (Å²) in [6, 6.07) is 2.64. The van der Waals surface area contributed by atoms with Gasteiger partial charge in [0.1, 0.15) is 6.04 Å². The van der Waals surface area contributed by atoms with E-state index >= 15 is 0 Å². The second-order valence-electron chi connectivity index (χ2n) is 6.29. The van der Waals surface area contributed by atoms with Crippen LogP contribution in [0.3, 0.4) is 0 Å². The molecule has 0 bridgehead atoms. The van der Waals surface area contributed by atoms with Crippen LogP contribution in [0.15, 0.2) is 12.2 Å². The van der Waals surface area contributed by atoms with Crippen molar-refractivity contribution in [3.63, 3.8) is 0 Å². The van der Waals surface area contributed by atoms with E-state index in [4.69, 9.17) is 4.84 Å². The van der Waals surface area contributed by atoms with Crippen molar-refractivity contribution in [3.05, 3.63) is 12.2 Å². The molecule has 1 saturated heterocycles. The average molecular weight is 260 g/mol. The Kier molecular flexibility index (Phi) is 3.91. The van der Waals surface area contributed by atoms with E-state index in [2.05, 4.69) is 12.6 Å². The molecule has 0 radical (unpaired) electrons. The van der Waals surface area contributed by atoms with Crippen LogP contribution >= 0.6 is 0 Å². The fourth-order valence-electron chi connectivity index (χ4n) is 4.00. The van der Waals surface area contributed by atoms with Crippen LogP contribution in [0.5, 0.6) is 0 Å². The first-order valence-corrected chi connectivity index (χ1v) is 7.84. The summed E-state index contributed by atoms with van der Waals surface area (Å²) in [7, 11) is 0. The van der Waals surface area contributed by atoms with Crippen molar-refractivity contribution in [1.82, 2.24) is 5.06 Å². The maximum Gasteiger partial charge on any atom is 0.143 e. The summed E-state index contributed by atoms with van der Waals surface area (Å²) in [6.07, 6.45) is 11.3. The molecule has 3 atom stereocenters. The zero-order valence-corrected chi connectivity index (χ0v) is 11.7. The van der Waals surface area contributed by atoms with Crippen LogP contribution in [-0.2, 0) is 4.84 Å². The molecule has 2 aliphatic carbocycles. The fraction of sp³-hybridized carbons (Fsp3) is 0.812. The molecule has 104 valence electrons. The second kappa shape index (κ2) is 5.64. The van der Waals surface area contributed by atoms with Gasteiger partial charge in [0.25, 0.3) is 0 Å². The van der Waals surface area contributed by atoms with Crippen molar-refractivity contribution in [2.75, 3.05) is 0 Å². The van der Waals surface area contributed by atoms with E-state index in [1.165, 1.54) is 44.9 Å². The van der Waals surface area contributed by atoms with E-state index in [1.807, 2.05) is 5.06 Å². The van der Waals surface area contributed by atoms with Crippen molar-refractivity contribution in [1.29, 1.82) is 5.26 Å². The van der Waals surface area contributed by atoms with E-state index < -0.39 is 0 Å². The summed E-state index contributed by atoms with van der Waals surface area (Å²) in [6.45, 7) is 4.25. The predicted octanol–water partition coefficient (Wildman–Crippen LogP) is 3.57. The second-order valence-corrected chi connectivity index (χ2v) is 6.29. The monoisotopic (exact) mass is 260 g/mol. The minimum absolute atomic E-state index is 0.220. The zero-order valence-electron chi connectivity index (χ0n) is 11.7. The molecule has 0 aromatic carbocycles. The molecule has 2 saturated carbocycles. The molecule has 0 N–H and O–H groups in total. The zero-order chi connectivity index (χ0) is 13.2. The smallest absolute Gasteiger partial charge is 0.143 e. The lowest BCUT2D eigenvalue weighted by Crippen LogP contribution is -2.54. The van der Waals surface area contributed by atoms with Gasteiger partial charge in [-0.25, -0.2) is 0 Å². The number of hydrogen-bond donors (Lipinski definition) is 0. The third-order valence-corrected chi connectivity index (χ3v) is 5.10. The highest BCUT2D eigenvalue weighted by atomic mass is 16.7. The van der Waals surface area contributed by atoms with E-state index in [0.717, 1.165) is 18.4 Å². The maximum atomic E-state index is 9.52. The van der Waals surface area contributed by atoms with E-state index in [9.17, 15) is 5.26 Å². The first-order chi connectivity index (χ1) is 9.31. The molecule has 19 heavy (non-hydrogen) atoms.